The largest absolute Gasteiger partial charge is 0.324 e. The van der Waals surface area contributed by atoms with Crippen LogP contribution in [0.5, 0.6) is 0 Å². The minimum Gasteiger partial charge on any atom is -0.324 e. The summed E-state index contributed by atoms with van der Waals surface area (Å²) in [5, 5.41) is 0. The predicted octanol–water partition coefficient (Wildman–Crippen LogP) is 4.69. The normalized spacial score (nSPS) is 12.7. The zero-order valence-electron chi connectivity index (χ0n) is 10.5. The third-order valence-corrected chi connectivity index (χ3v) is 3.56. The summed E-state index contributed by atoms with van der Waals surface area (Å²) >= 11 is 0.555. The summed E-state index contributed by atoms with van der Waals surface area (Å²) < 4.78 is 24.5. The quantitative estimate of drug-likeness (QED) is 0.822. The standard InChI is InChI=1S/C15H15F2NS/c1-10(18)13-4-2-3-5-14(13)11-6-8-12(9-7-11)19-15(16)17/h2-10,15H,18H2,1H3. The van der Waals surface area contributed by atoms with E-state index < -0.39 is 5.76 Å². The van der Waals surface area contributed by atoms with E-state index >= 15 is 0 Å². The Hall–Kier alpha value is -1.39. The lowest BCUT2D eigenvalue weighted by molar-refractivity contribution is 0.252. The van der Waals surface area contributed by atoms with Gasteiger partial charge in [0.2, 0.25) is 0 Å². The minimum absolute atomic E-state index is 0.0636. The van der Waals surface area contributed by atoms with Crippen molar-refractivity contribution in [3.8, 4) is 11.1 Å². The molecule has 0 saturated carbocycles. The smallest absolute Gasteiger partial charge is 0.288 e. The molecule has 2 aromatic carbocycles. The van der Waals surface area contributed by atoms with Gasteiger partial charge in [-0.2, -0.15) is 8.78 Å². The number of halogens is 2. The summed E-state index contributed by atoms with van der Waals surface area (Å²) in [6, 6.07) is 14.9. The lowest BCUT2D eigenvalue weighted by atomic mass is 9.96. The van der Waals surface area contributed by atoms with Gasteiger partial charge in [-0.25, -0.2) is 0 Å². The number of nitrogens with two attached hydrogens (primary N) is 1. The molecular formula is C15H15F2NS. The first-order valence-electron chi connectivity index (χ1n) is 5.97. The number of benzene rings is 2. The molecule has 0 fully saturated rings. The van der Waals surface area contributed by atoms with E-state index in [0.29, 0.717) is 16.7 Å². The molecule has 0 heterocycles. The zero-order chi connectivity index (χ0) is 13.8. The molecule has 4 heteroatoms. The molecule has 100 valence electrons. The van der Waals surface area contributed by atoms with Crippen LogP contribution in [0.15, 0.2) is 53.4 Å². The van der Waals surface area contributed by atoms with E-state index in [-0.39, 0.29) is 6.04 Å². The van der Waals surface area contributed by atoms with Crippen LogP contribution < -0.4 is 5.73 Å². The molecule has 19 heavy (non-hydrogen) atoms. The Balaban J connectivity index is 2.32. The van der Waals surface area contributed by atoms with E-state index in [1.807, 2.05) is 43.3 Å². The van der Waals surface area contributed by atoms with Gasteiger partial charge in [0.15, 0.2) is 0 Å². The molecule has 0 saturated heterocycles. The molecule has 2 N–H and O–H groups in total. The van der Waals surface area contributed by atoms with Crippen LogP contribution in [0.4, 0.5) is 8.78 Å². The van der Waals surface area contributed by atoms with Gasteiger partial charge < -0.3 is 5.73 Å². The SMILES string of the molecule is CC(N)c1ccccc1-c1ccc(SC(F)F)cc1. The van der Waals surface area contributed by atoms with E-state index in [1.54, 1.807) is 12.1 Å². The van der Waals surface area contributed by atoms with Gasteiger partial charge in [0, 0.05) is 10.9 Å². The molecule has 0 spiro atoms. The van der Waals surface area contributed by atoms with Crippen molar-refractivity contribution >= 4 is 11.8 Å². The summed E-state index contributed by atoms with van der Waals surface area (Å²) in [5.41, 5.74) is 9.04. The summed E-state index contributed by atoms with van der Waals surface area (Å²) in [7, 11) is 0. The minimum atomic E-state index is -2.39. The summed E-state index contributed by atoms with van der Waals surface area (Å²) in [6.45, 7) is 1.93. The highest BCUT2D eigenvalue weighted by Gasteiger charge is 2.09. The van der Waals surface area contributed by atoms with Crippen molar-refractivity contribution in [2.45, 2.75) is 23.6 Å². The van der Waals surface area contributed by atoms with Crippen LogP contribution in [0.25, 0.3) is 11.1 Å². The van der Waals surface area contributed by atoms with Crippen LogP contribution in [-0.2, 0) is 0 Å². The number of hydrogen-bond donors (Lipinski definition) is 1. The maximum absolute atomic E-state index is 12.3. The third-order valence-electron chi connectivity index (χ3n) is 2.84. The molecule has 1 unspecified atom stereocenters. The molecule has 0 bridgehead atoms. The van der Waals surface area contributed by atoms with Crippen molar-refractivity contribution in [2.75, 3.05) is 0 Å². The van der Waals surface area contributed by atoms with Crippen LogP contribution in [0.1, 0.15) is 18.5 Å². The maximum atomic E-state index is 12.3. The molecule has 0 aliphatic rings. The Bertz CT molecular complexity index is 538. The molecule has 0 amide bonds. The van der Waals surface area contributed by atoms with Crippen molar-refractivity contribution < 1.29 is 8.78 Å². The Morgan fingerprint density at radius 1 is 1.00 bits per heavy atom. The highest BCUT2D eigenvalue weighted by molar-refractivity contribution is 7.99. The van der Waals surface area contributed by atoms with Crippen LogP contribution in [0, 0.1) is 0 Å². The fraction of sp³-hybridized carbons (Fsp3) is 0.200. The number of alkyl halides is 2. The van der Waals surface area contributed by atoms with Crippen LogP contribution in [-0.4, -0.2) is 5.76 Å². The van der Waals surface area contributed by atoms with Crippen molar-refractivity contribution in [2.24, 2.45) is 5.73 Å². The van der Waals surface area contributed by atoms with E-state index in [9.17, 15) is 8.78 Å². The molecule has 2 aromatic rings. The van der Waals surface area contributed by atoms with Gasteiger partial charge in [0.05, 0.1) is 0 Å². The molecule has 0 aliphatic carbocycles. The third kappa shape index (κ3) is 3.55. The topological polar surface area (TPSA) is 26.0 Å². The van der Waals surface area contributed by atoms with Gasteiger partial charge in [0.25, 0.3) is 5.76 Å². The Kier molecular flexibility index (Phi) is 4.56. The van der Waals surface area contributed by atoms with E-state index in [1.165, 1.54) is 0 Å². The monoisotopic (exact) mass is 279 g/mol. The highest BCUT2D eigenvalue weighted by Crippen LogP contribution is 2.30. The second-order valence-corrected chi connectivity index (χ2v) is 5.34. The van der Waals surface area contributed by atoms with Gasteiger partial charge >= 0.3 is 0 Å². The zero-order valence-corrected chi connectivity index (χ0v) is 11.3. The van der Waals surface area contributed by atoms with Crippen molar-refractivity contribution in [3.63, 3.8) is 0 Å². The van der Waals surface area contributed by atoms with Gasteiger partial charge in [0.1, 0.15) is 0 Å². The first-order chi connectivity index (χ1) is 9.08. The van der Waals surface area contributed by atoms with Gasteiger partial charge in [-0.1, -0.05) is 48.2 Å². The average Bonchev–Trinajstić information content (AvgIpc) is 2.39. The van der Waals surface area contributed by atoms with E-state index in [0.717, 1.165) is 16.7 Å². The lowest BCUT2D eigenvalue weighted by Gasteiger charge is -2.13. The average molecular weight is 279 g/mol. The Labute approximate surface area is 115 Å². The molecule has 2 rings (SSSR count). The van der Waals surface area contributed by atoms with Gasteiger partial charge in [-0.15, -0.1) is 0 Å². The Morgan fingerprint density at radius 2 is 1.63 bits per heavy atom. The summed E-state index contributed by atoms with van der Waals surface area (Å²) in [5.74, 6) is -2.39. The second-order valence-electron chi connectivity index (χ2n) is 4.28. The number of rotatable bonds is 4. The lowest BCUT2D eigenvalue weighted by Crippen LogP contribution is -2.06. The molecule has 1 nitrogen and oxygen atoms in total. The molecule has 0 aromatic heterocycles. The molecular weight excluding hydrogens is 264 g/mol. The van der Waals surface area contributed by atoms with Crippen molar-refractivity contribution in [3.05, 3.63) is 54.1 Å². The molecule has 0 aliphatic heterocycles. The summed E-state index contributed by atoms with van der Waals surface area (Å²) in [6.07, 6.45) is 0. The maximum Gasteiger partial charge on any atom is 0.288 e. The Morgan fingerprint density at radius 3 is 2.21 bits per heavy atom. The second kappa shape index (κ2) is 6.17. The predicted molar refractivity (Wildman–Crippen MR) is 76.3 cm³/mol. The summed E-state index contributed by atoms with van der Waals surface area (Å²) in [4.78, 5) is 0.567. The van der Waals surface area contributed by atoms with Crippen LogP contribution in [0.2, 0.25) is 0 Å². The van der Waals surface area contributed by atoms with Gasteiger partial charge in [-0.3, -0.25) is 0 Å². The molecule has 1 atom stereocenters. The van der Waals surface area contributed by atoms with E-state index in [2.05, 4.69) is 0 Å². The van der Waals surface area contributed by atoms with Crippen LogP contribution in [0.3, 0.4) is 0 Å². The number of thioether (sulfide) groups is 1. The van der Waals surface area contributed by atoms with Crippen molar-refractivity contribution in [1.82, 2.24) is 0 Å². The number of hydrogen-bond acceptors (Lipinski definition) is 2. The highest BCUT2D eigenvalue weighted by atomic mass is 32.2. The molecule has 0 radical (unpaired) electrons. The fourth-order valence-corrected chi connectivity index (χ4v) is 2.47. The van der Waals surface area contributed by atoms with Gasteiger partial charge in [-0.05, 0) is 35.7 Å². The van der Waals surface area contributed by atoms with E-state index in [4.69, 9.17) is 5.73 Å². The first kappa shape index (κ1) is 14.0. The fourth-order valence-electron chi connectivity index (χ4n) is 1.97. The van der Waals surface area contributed by atoms with Crippen molar-refractivity contribution in [1.29, 1.82) is 0 Å². The van der Waals surface area contributed by atoms with Crippen LogP contribution >= 0.6 is 11.8 Å². The first-order valence-corrected chi connectivity index (χ1v) is 6.85.